The van der Waals surface area contributed by atoms with E-state index in [0.29, 0.717) is 44.9 Å². The second kappa shape index (κ2) is 11.5. The van der Waals surface area contributed by atoms with Gasteiger partial charge in [0.2, 0.25) is 0 Å². The number of amides is 3. The number of carbonyl (C=O) groups excluding carboxylic acids is 2. The normalized spacial score (nSPS) is 19.2. The van der Waals surface area contributed by atoms with Gasteiger partial charge in [-0.05, 0) is 43.9 Å². The van der Waals surface area contributed by atoms with Crippen LogP contribution < -0.4 is 16.0 Å². The first kappa shape index (κ1) is 27.0. The second-order valence-electron chi connectivity index (χ2n) is 7.30. The number of aliphatic imine (C=N–C) groups is 1. The summed E-state index contributed by atoms with van der Waals surface area (Å²) in [6.45, 7) is 4.86. The lowest BCUT2D eigenvalue weighted by Gasteiger charge is -2.19. The van der Waals surface area contributed by atoms with Crippen LogP contribution in [0.15, 0.2) is 29.3 Å². The van der Waals surface area contributed by atoms with Gasteiger partial charge in [-0.1, -0.05) is 19.1 Å². The quantitative estimate of drug-likeness (QED) is 0.151. The Labute approximate surface area is 197 Å². The van der Waals surface area contributed by atoms with Gasteiger partial charge in [0.15, 0.2) is 5.96 Å². The maximum atomic E-state index is 12.6. The van der Waals surface area contributed by atoms with Crippen molar-refractivity contribution in [2.24, 2.45) is 4.99 Å². The molecule has 1 heterocycles. The van der Waals surface area contributed by atoms with Crippen LogP contribution >= 0.6 is 24.0 Å². The van der Waals surface area contributed by atoms with Crippen LogP contribution in [-0.4, -0.2) is 55.0 Å². The van der Waals surface area contributed by atoms with Crippen molar-refractivity contribution in [1.82, 2.24) is 20.9 Å². The van der Waals surface area contributed by atoms with E-state index in [1.54, 1.807) is 14.0 Å². The smallest absolute Gasteiger partial charge is 0.356 e. The van der Waals surface area contributed by atoms with Gasteiger partial charge in [0.25, 0.3) is 5.91 Å². The topological polar surface area (TPSA) is 85.8 Å². The lowest BCUT2D eigenvalue weighted by Crippen LogP contribution is -2.43. The van der Waals surface area contributed by atoms with E-state index in [2.05, 4.69) is 20.9 Å². The molecule has 1 aliphatic heterocycles. The molecule has 174 valence electrons. The van der Waals surface area contributed by atoms with E-state index in [1.807, 2.05) is 6.92 Å². The van der Waals surface area contributed by atoms with Crippen molar-refractivity contribution < 1.29 is 22.8 Å². The highest BCUT2D eigenvalue weighted by Crippen LogP contribution is 2.29. The molecule has 1 unspecified atom stereocenters. The van der Waals surface area contributed by atoms with E-state index >= 15 is 0 Å². The molecular formula is C20H29F3IN5O2. The standard InChI is InChI=1S/C20H28F3N5O2.HI/c1-4-19(2)16(29)28(18(30)27-19)13-5-11-25-17(24-3)26-12-10-14-6-8-15(9-7-14)20(21,22)23;/h6-9H,4-5,10-13H2,1-3H3,(H,27,30)(H2,24,25,26);1H. The number of nitrogens with zero attached hydrogens (tertiary/aromatic N) is 2. The molecule has 0 bridgehead atoms. The Bertz CT molecular complexity index is 786. The number of hydrogen-bond acceptors (Lipinski definition) is 3. The molecule has 3 N–H and O–H groups in total. The molecule has 7 nitrogen and oxygen atoms in total. The number of urea groups is 1. The maximum absolute atomic E-state index is 12.6. The summed E-state index contributed by atoms with van der Waals surface area (Å²) in [5, 5.41) is 8.90. The predicted octanol–water partition coefficient (Wildman–Crippen LogP) is 3.14. The van der Waals surface area contributed by atoms with Gasteiger partial charge in [-0.3, -0.25) is 14.7 Å². The monoisotopic (exact) mass is 555 g/mol. The molecular weight excluding hydrogens is 526 g/mol. The highest BCUT2D eigenvalue weighted by atomic mass is 127. The summed E-state index contributed by atoms with van der Waals surface area (Å²) in [6, 6.07) is 4.69. The highest BCUT2D eigenvalue weighted by molar-refractivity contribution is 14.0. The molecule has 31 heavy (non-hydrogen) atoms. The molecule has 1 atom stereocenters. The minimum Gasteiger partial charge on any atom is -0.356 e. The molecule has 0 spiro atoms. The second-order valence-corrected chi connectivity index (χ2v) is 7.30. The lowest BCUT2D eigenvalue weighted by molar-refractivity contribution is -0.137. The van der Waals surface area contributed by atoms with Crippen LogP contribution in [0.1, 0.15) is 37.8 Å². The Balaban J connectivity index is 0.00000480. The number of rotatable bonds is 8. The number of halogens is 4. The van der Waals surface area contributed by atoms with Crippen molar-refractivity contribution in [3.63, 3.8) is 0 Å². The molecule has 0 radical (unpaired) electrons. The lowest BCUT2D eigenvalue weighted by atomic mass is 9.99. The Morgan fingerprint density at radius 1 is 1.16 bits per heavy atom. The SMILES string of the molecule is CCC1(C)NC(=O)N(CCCNC(=NC)NCCc2ccc(C(F)(F)F)cc2)C1=O.I. The third-order valence-electron chi connectivity index (χ3n) is 5.11. The Hall–Kier alpha value is -2.05. The highest BCUT2D eigenvalue weighted by Gasteiger charge is 2.45. The molecule has 3 amide bonds. The van der Waals surface area contributed by atoms with Gasteiger partial charge in [-0.2, -0.15) is 13.2 Å². The van der Waals surface area contributed by atoms with E-state index in [-0.39, 0.29) is 35.9 Å². The zero-order valence-corrected chi connectivity index (χ0v) is 20.1. The van der Waals surface area contributed by atoms with Crippen molar-refractivity contribution in [2.75, 3.05) is 26.7 Å². The van der Waals surface area contributed by atoms with E-state index in [1.165, 1.54) is 17.0 Å². The molecule has 1 aliphatic rings. The fourth-order valence-electron chi connectivity index (χ4n) is 3.04. The fraction of sp³-hybridized carbons (Fsp3) is 0.550. The van der Waals surface area contributed by atoms with Crippen molar-refractivity contribution in [2.45, 2.75) is 44.8 Å². The van der Waals surface area contributed by atoms with Gasteiger partial charge in [0.05, 0.1) is 5.56 Å². The van der Waals surface area contributed by atoms with E-state index in [4.69, 9.17) is 0 Å². The van der Waals surface area contributed by atoms with Gasteiger partial charge in [-0.15, -0.1) is 24.0 Å². The van der Waals surface area contributed by atoms with Gasteiger partial charge in [0.1, 0.15) is 5.54 Å². The summed E-state index contributed by atoms with van der Waals surface area (Å²) in [6.07, 6.45) is -2.71. The summed E-state index contributed by atoms with van der Waals surface area (Å²) >= 11 is 0. The average molecular weight is 555 g/mol. The van der Waals surface area contributed by atoms with E-state index in [0.717, 1.165) is 17.7 Å². The third kappa shape index (κ3) is 7.25. The van der Waals surface area contributed by atoms with E-state index in [9.17, 15) is 22.8 Å². The number of carbonyl (C=O) groups is 2. The molecule has 0 saturated carbocycles. The first-order chi connectivity index (χ1) is 14.1. The minimum atomic E-state index is -4.34. The third-order valence-corrected chi connectivity index (χ3v) is 5.11. The fourth-order valence-corrected chi connectivity index (χ4v) is 3.04. The summed E-state index contributed by atoms with van der Waals surface area (Å²) in [4.78, 5) is 29.6. The molecule has 1 saturated heterocycles. The first-order valence-electron chi connectivity index (χ1n) is 9.85. The van der Waals surface area contributed by atoms with Crippen molar-refractivity contribution in [3.05, 3.63) is 35.4 Å². The van der Waals surface area contributed by atoms with Crippen molar-refractivity contribution in [1.29, 1.82) is 0 Å². The molecule has 1 aromatic rings. The molecule has 0 aliphatic carbocycles. The minimum absolute atomic E-state index is 0. The zero-order chi connectivity index (χ0) is 22.4. The average Bonchev–Trinajstić information content (AvgIpc) is 2.92. The van der Waals surface area contributed by atoms with Crippen LogP contribution in [0.5, 0.6) is 0 Å². The van der Waals surface area contributed by atoms with Gasteiger partial charge in [-0.25, -0.2) is 4.79 Å². The number of nitrogens with one attached hydrogen (secondary N) is 3. The molecule has 1 aromatic carbocycles. The van der Waals surface area contributed by atoms with Crippen LogP contribution in [0, 0.1) is 0 Å². The van der Waals surface area contributed by atoms with Crippen molar-refractivity contribution >= 4 is 41.9 Å². The zero-order valence-electron chi connectivity index (χ0n) is 17.8. The van der Waals surface area contributed by atoms with Crippen LogP contribution in [0.2, 0.25) is 0 Å². The predicted molar refractivity (Wildman–Crippen MR) is 123 cm³/mol. The maximum Gasteiger partial charge on any atom is 0.416 e. The molecule has 1 fully saturated rings. The van der Waals surface area contributed by atoms with Gasteiger partial charge < -0.3 is 16.0 Å². The number of alkyl halides is 3. The van der Waals surface area contributed by atoms with Crippen LogP contribution in [0.3, 0.4) is 0 Å². The Morgan fingerprint density at radius 2 is 1.77 bits per heavy atom. The largest absolute Gasteiger partial charge is 0.416 e. The Morgan fingerprint density at radius 3 is 2.29 bits per heavy atom. The van der Waals surface area contributed by atoms with Gasteiger partial charge in [0, 0.05) is 26.7 Å². The van der Waals surface area contributed by atoms with E-state index < -0.39 is 17.3 Å². The summed E-state index contributed by atoms with van der Waals surface area (Å²) < 4.78 is 37.8. The van der Waals surface area contributed by atoms with Crippen LogP contribution in [0.4, 0.5) is 18.0 Å². The number of guanidine groups is 1. The summed E-state index contributed by atoms with van der Waals surface area (Å²) in [5.74, 6) is 0.326. The number of benzene rings is 1. The Kier molecular flexibility index (Phi) is 10.0. The number of imide groups is 1. The van der Waals surface area contributed by atoms with Gasteiger partial charge >= 0.3 is 12.2 Å². The first-order valence-corrected chi connectivity index (χ1v) is 9.85. The molecule has 2 rings (SSSR count). The summed E-state index contributed by atoms with van der Waals surface area (Å²) in [7, 11) is 1.61. The molecule has 0 aromatic heterocycles. The molecule has 11 heteroatoms. The van der Waals surface area contributed by atoms with Crippen LogP contribution in [-0.2, 0) is 17.4 Å². The number of hydrogen-bond donors (Lipinski definition) is 3. The summed E-state index contributed by atoms with van der Waals surface area (Å²) in [5.41, 5.74) is -0.718. The van der Waals surface area contributed by atoms with Crippen molar-refractivity contribution in [3.8, 4) is 0 Å². The van der Waals surface area contributed by atoms with Crippen LogP contribution in [0.25, 0.3) is 0 Å².